The van der Waals surface area contributed by atoms with E-state index in [1.165, 1.54) is 12.1 Å². The van der Waals surface area contributed by atoms with Gasteiger partial charge in [-0.25, -0.2) is 4.39 Å². The van der Waals surface area contributed by atoms with Gasteiger partial charge in [0.25, 0.3) is 5.91 Å². The van der Waals surface area contributed by atoms with Crippen LogP contribution in [0.15, 0.2) is 53.0 Å². The van der Waals surface area contributed by atoms with E-state index in [9.17, 15) is 14.3 Å². The molecule has 0 saturated heterocycles. The maximum absolute atomic E-state index is 13.2. The number of amides is 1. The second-order valence-electron chi connectivity index (χ2n) is 4.24. The highest BCUT2D eigenvalue weighted by molar-refractivity contribution is 9.10. The number of rotatable bonds is 4. The predicted octanol–water partition coefficient (Wildman–Crippen LogP) is 3.05. The minimum atomic E-state index is -0.529. The summed E-state index contributed by atoms with van der Waals surface area (Å²) in [5.74, 6) is -0.933. The molecule has 2 rings (SSSR count). The van der Waals surface area contributed by atoms with E-state index in [4.69, 9.17) is 0 Å². The highest BCUT2D eigenvalue weighted by atomic mass is 79.9. The van der Waals surface area contributed by atoms with Crippen molar-refractivity contribution in [2.45, 2.75) is 6.04 Å². The molecule has 0 radical (unpaired) electrons. The van der Waals surface area contributed by atoms with Gasteiger partial charge in [0.2, 0.25) is 0 Å². The van der Waals surface area contributed by atoms with Crippen molar-refractivity contribution in [1.29, 1.82) is 0 Å². The molecule has 2 aromatic rings. The van der Waals surface area contributed by atoms with Crippen molar-refractivity contribution in [2.24, 2.45) is 0 Å². The number of aliphatic hydroxyl groups excluding tert-OH is 1. The zero-order valence-corrected chi connectivity index (χ0v) is 12.1. The first-order valence-electron chi connectivity index (χ1n) is 6.03. The molecular weight excluding hydrogens is 325 g/mol. The van der Waals surface area contributed by atoms with Crippen LogP contribution in [0.5, 0.6) is 0 Å². The van der Waals surface area contributed by atoms with Gasteiger partial charge in [-0.1, -0.05) is 30.3 Å². The van der Waals surface area contributed by atoms with Crippen LogP contribution in [-0.4, -0.2) is 17.6 Å². The summed E-state index contributed by atoms with van der Waals surface area (Å²) >= 11 is 3.21. The molecule has 0 aromatic heterocycles. The highest BCUT2D eigenvalue weighted by Crippen LogP contribution is 2.19. The quantitative estimate of drug-likeness (QED) is 0.900. The average molecular weight is 338 g/mol. The fourth-order valence-electron chi connectivity index (χ4n) is 1.83. The van der Waals surface area contributed by atoms with Crippen molar-refractivity contribution in [2.75, 3.05) is 6.61 Å². The lowest BCUT2D eigenvalue weighted by molar-refractivity contribution is 0.0915. The fourth-order valence-corrected chi connectivity index (χ4v) is 2.25. The van der Waals surface area contributed by atoms with Crippen molar-refractivity contribution in [3.63, 3.8) is 0 Å². The topological polar surface area (TPSA) is 49.3 Å². The molecule has 1 amide bonds. The molecule has 0 aliphatic carbocycles. The van der Waals surface area contributed by atoms with Crippen LogP contribution < -0.4 is 5.32 Å². The first kappa shape index (κ1) is 14.7. The minimum absolute atomic E-state index is 0.194. The van der Waals surface area contributed by atoms with Gasteiger partial charge >= 0.3 is 0 Å². The first-order valence-corrected chi connectivity index (χ1v) is 6.83. The number of aliphatic hydroxyl groups is 1. The second-order valence-corrected chi connectivity index (χ2v) is 5.10. The van der Waals surface area contributed by atoms with Crippen molar-refractivity contribution >= 4 is 21.8 Å². The molecule has 0 fully saturated rings. The summed E-state index contributed by atoms with van der Waals surface area (Å²) in [4.78, 5) is 12.1. The minimum Gasteiger partial charge on any atom is -0.394 e. The van der Waals surface area contributed by atoms with Crippen LogP contribution in [0.2, 0.25) is 0 Å². The Bertz CT molecular complexity index is 604. The third kappa shape index (κ3) is 3.43. The highest BCUT2D eigenvalue weighted by Gasteiger charge is 2.17. The Morgan fingerprint density at radius 2 is 1.95 bits per heavy atom. The standard InChI is InChI=1S/C15H13BrFNO2/c16-13-7-6-11(17)8-12(13)15(20)18-14(9-19)10-4-2-1-3-5-10/h1-8,14,19H,9H2,(H,18,20)/t14-/m0/s1. The lowest BCUT2D eigenvalue weighted by atomic mass is 10.1. The smallest absolute Gasteiger partial charge is 0.253 e. The van der Waals surface area contributed by atoms with Gasteiger partial charge in [0.1, 0.15) is 5.82 Å². The second kappa shape index (κ2) is 6.63. The van der Waals surface area contributed by atoms with E-state index in [1.807, 2.05) is 30.3 Å². The number of hydrogen-bond donors (Lipinski definition) is 2. The predicted molar refractivity (Wildman–Crippen MR) is 77.8 cm³/mol. The van der Waals surface area contributed by atoms with Crippen LogP contribution >= 0.6 is 15.9 Å². The summed E-state index contributed by atoms with van der Waals surface area (Å²) < 4.78 is 13.7. The largest absolute Gasteiger partial charge is 0.394 e. The summed E-state index contributed by atoms with van der Waals surface area (Å²) in [6.07, 6.45) is 0. The Morgan fingerprint density at radius 1 is 1.25 bits per heavy atom. The van der Waals surface area contributed by atoms with Crippen LogP contribution in [-0.2, 0) is 0 Å². The van der Waals surface area contributed by atoms with Crippen molar-refractivity contribution in [3.8, 4) is 0 Å². The number of carbonyl (C=O) groups is 1. The molecule has 1 atom stereocenters. The Kier molecular flexibility index (Phi) is 4.87. The van der Waals surface area contributed by atoms with Crippen LogP contribution in [0.4, 0.5) is 4.39 Å². The van der Waals surface area contributed by atoms with Crippen molar-refractivity contribution in [3.05, 3.63) is 69.9 Å². The van der Waals surface area contributed by atoms with Gasteiger partial charge in [-0.2, -0.15) is 0 Å². The van der Waals surface area contributed by atoms with Crippen LogP contribution in [0.3, 0.4) is 0 Å². The SMILES string of the molecule is O=C(N[C@@H](CO)c1ccccc1)c1cc(F)ccc1Br. The molecule has 0 saturated carbocycles. The van der Waals surface area contributed by atoms with Crippen LogP contribution in [0, 0.1) is 5.82 Å². The van der Waals surface area contributed by atoms with Crippen molar-refractivity contribution in [1.82, 2.24) is 5.32 Å². The van der Waals surface area contributed by atoms with E-state index in [0.717, 1.165) is 11.6 Å². The summed E-state index contributed by atoms with van der Waals surface area (Å²) in [5.41, 5.74) is 0.982. The van der Waals surface area contributed by atoms with Gasteiger partial charge in [0.15, 0.2) is 0 Å². The van der Waals surface area contributed by atoms with E-state index >= 15 is 0 Å². The molecule has 2 N–H and O–H groups in total. The molecule has 104 valence electrons. The Morgan fingerprint density at radius 3 is 2.60 bits per heavy atom. The zero-order chi connectivity index (χ0) is 14.5. The third-order valence-corrected chi connectivity index (χ3v) is 3.55. The molecule has 0 spiro atoms. The molecule has 20 heavy (non-hydrogen) atoms. The molecule has 3 nitrogen and oxygen atoms in total. The molecular formula is C15H13BrFNO2. The van der Waals surface area contributed by atoms with E-state index in [2.05, 4.69) is 21.2 Å². The normalized spacial score (nSPS) is 11.9. The van der Waals surface area contributed by atoms with Crippen LogP contribution in [0.25, 0.3) is 0 Å². The lowest BCUT2D eigenvalue weighted by Crippen LogP contribution is -2.31. The Labute approximate surface area is 124 Å². The number of benzene rings is 2. The molecule has 0 heterocycles. The third-order valence-electron chi connectivity index (χ3n) is 2.86. The summed E-state index contributed by atoms with van der Waals surface area (Å²) in [6, 6.07) is 12.5. The first-order chi connectivity index (χ1) is 9.61. The van der Waals surface area contributed by atoms with E-state index in [-0.39, 0.29) is 12.2 Å². The van der Waals surface area contributed by atoms with Crippen molar-refractivity contribution < 1.29 is 14.3 Å². The van der Waals surface area contributed by atoms with Gasteiger partial charge in [0.05, 0.1) is 18.2 Å². The maximum atomic E-state index is 13.2. The zero-order valence-electron chi connectivity index (χ0n) is 10.5. The van der Waals surface area contributed by atoms with E-state index in [0.29, 0.717) is 4.47 Å². The van der Waals surface area contributed by atoms with Gasteiger partial charge in [-0.05, 0) is 39.7 Å². The molecule has 0 aliphatic heterocycles. The summed E-state index contributed by atoms with van der Waals surface area (Å²) in [6.45, 7) is -0.233. The maximum Gasteiger partial charge on any atom is 0.253 e. The monoisotopic (exact) mass is 337 g/mol. The lowest BCUT2D eigenvalue weighted by Gasteiger charge is -2.17. The molecule has 2 aromatic carbocycles. The van der Waals surface area contributed by atoms with Crippen LogP contribution in [0.1, 0.15) is 22.0 Å². The number of halogens is 2. The van der Waals surface area contributed by atoms with Gasteiger partial charge < -0.3 is 10.4 Å². The summed E-state index contributed by atoms with van der Waals surface area (Å²) in [5, 5.41) is 12.1. The molecule has 0 unspecified atom stereocenters. The molecule has 0 bridgehead atoms. The molecule has 5 heteroatoms. The number of nitrogens with one attached hydrogen (secondary N) is 1. The van der Waals surface area contributed by atoms with E-state index < -0.39 is 17.8 Å². The summed E-state index contributed by atoms with van der Waals surface area (Å²) in [7, 11) is 0. The van der Waals surface area contributed by atoms with E-state index in [1.54, 1.807) is 0 Å². The fraction of sp³-hybridized carbons (Fsp3) is 0.133. The Balaban J connectivity index is 2.20. The van der Waals surface area contributed by atoms with Gasteiger partial charge in [-0.15, -0.1) is 0 Å². The number of carbonyl (C=O) groups excluding carboxylic acids is 1. The van der Waals surface area contributed by atoms with Gasteiger partial charge in [0, 0.05) is 4.47 Å². The Hall–Kier alpha value is -1.72. The number of hydrogen-bond acceptors (Lipinski definition) is 2. The molecule has 0 aliphatic rings. The average Bonchev–Trinajstić information content (AvgIpc) is 2.48. The van der Waals surface area contributed by atoms with Gasteiger partial charge in [-0.3, -0.25) is 4.79 Å².